The summed E-state index contributed by atoms with van der Waals surface area (Å²) in [7, 11) is 0. The number of hydrogen-bond acceptors (Lipinski definition) is 4. The van der Waals surface area contributed by atoms with Crippen LogP contribution in [0.5, 0.6) is 0 Å². The number of thioether (sulfide) groups is 1. The van der Waals surface area contributed by atoms with Crippen LogP contribution in [0.2, 0.25) is 0 Å². The highest BCUT2D eigenvalue weighted by atomic mass is 32.2. The van der Waals surface area contributed by atoms with Gasteiger partial charge in [0.2, 0.25) is 5.91 Å². The standard InChI is InChI=1S/C28H23N3O2S/c1-2-25(26(32)29-21-17-16-19-10-6-7-11-20(19)18-21)34-28-30-24-15-9-8-14-23(24)27(33)31(28)22-12-4-3-5-13-22/h3-18,25H,2H2,1H3,(H,29,32). The molecule has 4 aromatic carbocycles. The maximum Gasteiger partial charge on any atom is 0.266 e. The van der Waals surface area contributed by atoms with Gasteiger partial charge in [-0.2, -0.15) is 0 Å². The molecule has 1 aromatic heterocycles. The molecule has 1 heterocycles. The van der Waals surface area contributed by atoms with Crippen molar-refractivity contribution in [3.05, 3.63) is 107 Å². The highest BCUT2D eigenvalue weighted by molar-refractivity contribution is 8.00. The van der Waals surface area contributed by atoms with E-state index in [1.54, 1.807) is 10.6 Å². The Morgan fingerprint density at radius 1 is 0.912 bits per heavy atom. The molecule has 5 aromatic rings. The van der Waals surface area contributed by atoms with E-state index in [-0.39, 0.29) is 11.5 Å². The number of anilines is 1. The van der Waals surface area contributed by atoms with E-state index in [0.29, 0.717) is 22.5 Å². The summed E-state index contributed by atoms with van der Waals surface area (Å²) in [5.41, 5.74) is 1.93. The minimum Gasteiger partial charge on any atom is -0.325 e. The Kier molecular flexibility index (Phi) is 6.14. The highest BCUT2D eigenvalue weighted by Crippen LogP contribution is 2.28. The van der Waals surface area contributed by atoms with Crippen LogP contribution in [-0.2, 0) is 4.79 Å². The largest absolute Gasteiger partial charge is 0.325 e. The fourth-order valence-electron chi connectivity index (χ4n) is 3.94. The Morgan fingerprint density at radius 3 is 2.41 bits per heavy atom. The van der Waals surface area contributed by atoms with Crippen molar-refractivity contribution in [3.63, 3.8) is 0 Å². The van der Waals surface area contributed by atoms with Crippen LogP contribution in [0, 0.1) is 0 Å². The number of nitrogens with one attached hydrogen (secondary N) is 1. The molecule has 5 nitrogen and oxygen atoms in total. The molecule has 6 heteroatoms. The lowest BCUT2D eigenvalue weighted by atomic mass is 10.1. The number of benzene rings is 4. The molecule has 0 aliphatic rings. The topological polar surface area (TPSA) is 64.0 Å². The van der Waals surface area contributed by atoms with E-state index >= 15 is 0 Å². The average Bonchev–Trinajstić information content (AvgIpc) is 2.87. The van der Waals surface area contributed by atoms with E-state index in [9.17, 15) is 9.59 Å². The molecule has 0 bridgehead atoms. The minimum atomic E-state index is -0.422. The summed E-state index contributed by atoms with van der Waals surface area (Å²) in [6.45, 7) is 1.96. The zero-order valence-electron chi connectivity index (χ0n) is 18.6. The minimum absolute atomic E-state index is 0.121. The SMILES string of the molecule is CCC(Sc1nc2ccccc2c(=O)n1-c1ccccc1)C(=O)Nc1ccc2ccccc2c1. The molecule has 0 aliphatic heterocycles. The fraction of sp³-hybridized carbons (Fsp3) is 0.107. The third kappa shape index (κ3) is 4.32. The molecule has 168 valence electrons. The van der Waals surface area contributed by atoms with Crippen LogP contribution in [0.3, 0.4) is 0 Å². The summed E-state index contributed by atoms with van der Waals surface area (Å²) < 4.78 is 1.60. The Morgan fingerprint density at radius 2 is 1.62 bits per heavy atom. The molecule has 34 heavy (non-hydrogen) atoms. The van der Waals surface area contributed by atoms with Gasteiger partial charge in [0.15, 0.2) is 5.16 Å². The lowest BCUT2D eigenvalue weighted by Crippen LogP contribution is -2.27. The molecule has 5 rings (SSSR count). The lowest BCUT2D eigenvalue weighted by Gasteiger charge is -2.18. The van der Waals surface area contributed by atoms with Gasteiger partial charge in [0, 0.05) is 5.69 Å². The number of carbonyl (C=O) groups excluding carboxylic acids is 1. The van der Waals surface area contributed by atoms with Crippen molar-refractivity contribution < 1.29 is 4.79 Å². The maximum atomic E-state index is 13.4. The van der Waals surface area contributed by atoms with Gasteiger partial charge in [-0.3, -0.25) is 14.2 Å². The first-order chi connectivity index (χ1) is 16.6. The fourth-order valence-corrected chi connectivity index (χ4v) is 4.97. The van der Waals surface area contributed by atoms with Crippen molar-refractivity contribution in [1.29, 1.82) is 0 Å². The number of hydrogen-bond donors (Lipinski definition) is 1. The quantitative estimate of drug-likeness (QED) is 0.245. The molecular weight excluding hydrogens is 442 g/mol. The first kappa shape index (κ1) is 21.9. The first-order valence-electron chi connectivity index (χ1n) is 11.2. The molecule has 0 saturated carbocycles. The van der Waals surface area contributed by atoms with E-state index in [1.807, 2.05) is 97.9 Å². The van der Waals surface area contributed by atoms with Crippen molar-refractivity contribution in [2.45, 2.75) is 23.8 Å². The Balaban J connectivity index is 1.50. The molecule has 0 aliphatic carbocycles. The Bertz CT molecular complexity index is 1550. The summed E-state index contributed by atoms with van der Waals surface area (Å²) >= 11 is 1.31. The molecule has 1 unspecified atom stereocenters. The summed E-state index contributed by atoms with van der Waals surface area (Å²) in [6.07, 6.45) is 0.585. The second-order valence-electron chi connectivity index (χ2n) is 7.95. The highest BCUT2D eigenvalue weighted by Gasteiger charge is 2.23. The predicted octanol–water partition coefficient (Wildman–Crippen LogP) is 6.05. The summed E-state index contributed by atoms with van der Waals surface area (Å²) in [4.78, 5) is 31.4. The van der Waals surface area contributed by atoms with Gasteiger partial charge in [0.05, 0.1) is 21.8 Å². The zero-order chi connectivity index (χ0) is 23.5. The van der Waals surface area contributed by atoms with Crippen LogP contribution in [0.1, 0.15) is 13.3 Å². The monoisotopic (exact) mass is 465 g/mol. The summed E-state index contributed by atoms with van der Waals surface area (Å²) in [6, 6.07) is 30.6. The van der Waals surface area contributed by atoms with Gasteiger partial charge in [0.1, 0.15) is 0 Å². The van der Waals surface area contributed by atoms with Crippen LogP contribution >= 0.6 is 11.8 Å². The number of aromatic nitrogens is 2. The molecule has 0 fully saturated rings. The van der Waals surface area contributed by atoms with Gasteiger partial charge in [-0.05, 0) is 53.6 Å². The Labute approximate surface area is 201 Å². The van der Waals surface area contributed by atoms with Crippen molar-refractivity contribution in [3.8, 4) is 5.69 Å². The lowest BCUT2D eigenvalue weighted by molar-refractivity contribution is -0.115. The molecule has 0 saturated heterocycles. The smallest absolute Gasteiger partial charge is 0.266 e. The van der Waals surface area contributed by atoms with E-state index in [4.69, 9.17) is 4.98 Å². The van der Waals surface area contributed by atoms with E-state index in [1.165, 1.54) is 11.8 Å². The van der Waals surface area contributed by atoms with Crippen molar-refractivity contribution in [2.24, 2.45) is 0 Å². The van der Waals surface area contributed by atoms with Crippen LogP contribution < -0.4 is 10.9 Å². The van der Waals surface area contributed by atoms with Crippen LogP contribution in [-0.4, -0.2) is 20.7 Å². The van der Waals surface area contributed by atoms with Crippen molar-refractivity contribution in [1.82, 2.24) is 9.55 Å². The third-order valence-electron chi connectivity index (χ3n) is 5.69. The number of fused-ring (bicyclic) bond motifs is 2. The van der Waals surface area contributed by atoms with Gasteiger partial charge in [-0.15, -0.1) is 0 Å². The molecular formula is C28H23N3O2S. The molecule has 1 atom stereocenters. The van der Waals surface area contributed by atoms with Gasteiger partial charge < -0.3 is 5.32 Å². The number of amides is 1. The summed E-state index contributed by atoms with van der Waals surface area (Å²) in [5.74, 6) is -0.121. The number of nitrogens with zero attached hydrogens (tertiary/aromatic N) is 2. The third-order valence-corrected chi connectivity index (χ3v) is 7.00. The summed E-state index contributed by atoms with van der Waals surface area (Å²) in [5, 5.41) is 5.85. The number of rotatable bonds is 6. The molecule has 1 amide bonds. The zero-order valence-corrected chi connectivity index (χ0v) is 19.5. The van der Waals surface area contributed by atoms with Gasteiger partial charge >= 0.3 is 0 Å². The number of para-hydroxylation sites is 2. The van der Waals surface area contributed by atoms with Gasteiger partial charge in [-0.1, -0.05) is 79.3 Å². The number of carbonyl (C=O) groups is 1. The van der Waals surface area contributed by atoms with E-state index in [2.05, 4.69) is 5.32 Å². The van der Waals surface area contributed by atoms with Crippen LogP contribution in [0.4, 0.5) is 5.69 Å². The second kappa shape index (κ2) is 9.53. The predicted molar refractivity (Wildman–Crippen MR) is 140 cm³/mol. The average molecular weight is 466 g/mol. The van der Waals surface area contributed by atoms with Crippen LogP contribution in [0.15, 0.2) is 107 Å². The molecule has 1 N–H and O–H groups in total. The van der Waals surface area contributed by atoms with E-state index < -0.39 is 5.25 Å². The maximum absolute atomic E-state index is 13.4. The second-order valence-corrected chi connectivity index (χ2v) is 9.12. The first-order valence-corrected chi connectivity index (χ1v) is 12.1. The normalized spacial score (nSPS) is 12.0. The van der Waals surface area contributed by atoms with Crippen molar-refractivity contribution >= 4 is 45.0 Å². The van der Waals surface area contributed by atoms with Crippen LogP contribution in [0.25, 0.3) is 27.4 Å². The molecule has 0 spiro atoms. The Hall–Kier alpha value is -3.90. The van der Waals surface area contributed by atoms with E-state index in [0.717, 1.165) is 22.1 Å². The van der Waals surface area contributed by atoms with Gasteiger partial charge in [-0.25, -0.2) is 4.98 Å². The van der Waals surface area contributed by atoms with Crippen molar-refractivity contribution in [2.75, 3.05) is 5.32 Å². The molecule has 0 radical (unpaired) electrons. The van der Waals surface area contributed by atoms with Gasteiger partial charge in [0.25, 0.3) is 5.56 Å².